The Morgan fingerprint density at radius 2 is 2.07 bits per heavy atom. The van der Waals surface area contributed by atoms with Crippen molar-refractivity contribution in [3.8, 4) is 0 Å². The quantitative estimate of drug-likeness (QED) is 0.801. The van der Waals surface area contributed by atoms with Crippen LogP contribution in [0.5, 0.6) is 0 Å². The fraction of sp³-hybridized carbons (Fsp3) is 0.667. The van der Waals surface area contributed by atoms with Gasteiger partial charge in [0.25, 0.3) is 5.56 Å². The number of fused-ring (bicyclic) bond motifs is 3. The van der Waals surface area contributed by atoms with Gasteiger partial charge in [-0.3, -0.25) is 14.2 Å². The largest absolute Gasteiger partial charge is 0.394 e. The Bertz CT molecular complexity index is 937. The molecule has 1 unspecified atom stereocenters. The highest BCUT2D eigenvalue weighted by atomic mass is 32.1. The maximum atomic E-state index is 13.1. The zero-order valence-electron chi connectivity index (χ0n) is 17.5. The number of thiophene rings is 1. The molecule has 1 aliphatic rings. The molecule has 28 heavy (non-hydrogen) atoms. The van der Waals surface area contributed by atoms with Gasteiger partial charge in [0.05, 0.1) is 23.9 Å². The third-order valence-corrected chi connectivity index (χ3v) is 6.88. The fourth-order valence-corrected chi connectivity index (χ4v) is 5.06. The summed E-state index contributed by atoms with van der Waals surface area (Å²) in [7, 11) is 0. The number of nitrogens with zero attached hydrogens (tertiary/aromatic N) is 2. The molecule has 0 bridgehead atoms. The van der Waals surface area contributed by atoms with Crippen molar-refractivity contribution in [3.63, 3.8) is 0 Å². The van der Waals surface area contributed by atoms with E-state index in [0.29, 0.717) is 5.92 Å². The van der Waals surface area contributed by atoms with Gasteiger partial charge in [-0.25, -0.2) is 4.98 Å². The molecule has 1 amide bonds. The summed E-state index contributed by atoms with van der Waals surface area (Å²) in [6.07, 6.45) is 4.75. The van der Waals surface area contributed by atoms with Gasteiger partial charge in [0.2, 0.25) is 5.91 Å². The van der Waals surface area contributed by atoms with Crippen LogP contribution in [0.25, 0.3) is 10.2 Å². The molecule has 2 heterocycles. The van der Waals surface area contributed by atoms with Gasteiger partial charge in [0, 0.05) is 17.8 Å². The summed E-state index contributed by atoms with van der Waals surface area (Å²) in [6.45, 7) is 10.5. The lowest BCUT2D eigenvalue weighted by atomic mass is 9.72. The molecule has 2 aromatic heterocycles. The number of aliphatic hydroxyl groups excluding tert-OH is 1. The predicted molar refractivity (Wildman–Crippen MR) is 113 cm³/mol. The van der Waals surface area contributed by atoms with Gasteiger partial charge in [-0.15, -0.1) is 11.3 Å². The molecule has 6 nitrogen and oxygen atoms in total. The van der Waals surface area contributed by atoms with Crippen LogP contribution in [0, 0.1) is 11.3 Å². The van der Waals surface area contributed by atoms with Crippen molar-refractivity contribution >= 4 is 27.5 Å². The number of hydrogen-bond acceptors (Lipinski definition) is 5. The smallest absolute Gasteiger partial charge is 0.262 e. The van der Waals surface area contributed by atoms with E-state index in [0.717, 1.165) is 29.5 Å². The van der Waals surface area contributed by atoms with E-state index in [4.69, 9.17) is 0 Å². The van der Waals surface area contributed by atoms with Crippen LogP contribution >= 0.6 is 11.3 Å². The lowest BCUT2D eigenvalue weighted by Crippen LogP contribution is -2.46. The first-order valence-corrected chi connectivity index (χ1v) is 10.7. The van der Waals surface area contributed by atoms with Gasteiger partial charge >= 0.3 is 0 Å². The molecule has 0 saturated heterocycles. The second kappa shape index (κ2) is 7.59. The minimum atomic E-state index is -0.666. The van der Waals surface area contributed by atoms with Crippen LogP contribution in [0.2, 0.25) is 0 Å². The summed E-state index contributed by atoms with van der Waals surface area (Å²) in [5, 5.41) is 12.8. The molecule has 2 N–H and O–H groups in total. The van der Waals surface area contributed by atoms with Gasteiger partial charge in [-0.2, -0.15) is 0 Å². The van der Waals surface area contributed by atoms with Crippen molar-refractivity contribution in [1.82, 2.24) is 14.9 Å². The van der Waals surface area contributed by atoms with Crippen LogP contribution in [-0.2, 0) is 24.2 Å². The van der Waals surface area contributed by atoms with E-state index in [2.05, 4.69) is 31.1 Å². The normalized spacial score (nSPS) is 17.6. The van der Waals surface area contributed by atoms with Crippen LogP contribution in [0.15, 0.2) is 11.1 Å². The summed E-state index contributed by atoms with van der Waals surface area (Å²) in [5.41, 5.74) is 0.710. The first-order chi connectivity index (χ1) is 13.0. The van der Waals surface area contributed by atoms with E-state index in [1.165, 1.54) is 15.0 Å². The first kappa shape index (κ1) is 21.0. The average Bonchev–Trinajstić information content (AvgIpc) is 2.98. The zero-order chi connectivity index (χ0) is 20.7. The summed E-state index contributed by atoms with van der Waals surface area (Å²) < 4.78 is 1.54. The summed E-state index contributed by atoms with van der Waals surface area (Å²) in [5.74, 6) is 0.431. The third-order valence-electron chi connectivity index (χ3n) is 5.71. The van der Waals surface area contributed by atoms with Gasteiger partial charge in [0.1, 0.15) is 4.83 Å². The van der Waals surface area contributed by atoms with Crippen LogP contribution < -0.4 is 10.9 Å². The molecule has 0 radical (unpaired) electrons. The van der Waals surface area contributed by atoms with Crippen molar-refractivity contribution in [1.29, 1.82) is 0 Å². The van der Waals surface area contributed by atoms with Crippen molar-refractivity contribution in [2.75, 3.05) is 6.61 Å². The molecule has 0 saturated carbocycles. The number of aryl methyl sites for hydroxylation is 2. The number of aliphatic hydroxyl groups is 1. The number of carbonyl (C=O) groups is 1. The Morgan fingerprint density at radius 3 is 2.71 bits per heavy atom. The van der Waals surface area contributed by atoms with Crippen LogP contribution in [0.4, 0.5) is 0 Å². The molecular formula is C21H31N3O3S. The minimum absolute atomic E-state index is 0.0501. The summed E-state index contributed by atoms with van der Waals surface area (Å²) >= 11 is 1.65. The average molecular weight is 406 g/mol. The molecule has 0 fully saturated rings. The third kappa shape index (κ3) is 4.30. The topological polar surface area (TPSA) is 84.2 Å². The highest BCUT2D eigenvalue weighted by molar-refractivity contribution is 7.18. The molecule has 0 aromatic carbocycles. The summed E-state index contributed by atoms with van der Waals surface area (Å²) in [6, 6.07) is 0. The molecule has 2 aromatic rings. The Labute approximate surface area is 170 Å². The zero-order valence-corrected chi connectivity index (χ0v) is 18.3. The van der Waals surface area contributed by atoms with Crippen molar-refractivity contribution in [2.45, 2.75) is 72.4 Å². The lowest BCUT2D eigenvalue weighted by molar-refractivity contribution is -0.123. The van der Waals surface area contributed by atoms with E-state index < -0.39 is 5.54 Å². The van der Waals surface area contributed by atoms with Gasteiger partial charge < -0.3 is 10.4 Å². The highest BCUT2D eigenvalue weighted by Gasteiger charge is 2.31. The van der Waals surface area contributed by atoms with E-state index in [9.17, 15) is 14.7 Å². The summed E-state index contributed by atoms with van der Waals surface area (Å²) in [4.78, 5) is 31.8. The molecule has 3 rings (SSSR count). The Kier molecular flexibility index (Phi) is 5.69. The number of amides is 1. The predicted octanol–water partition coefficient (Wildman–Crippen LogP) is 2.89. The van der Waals surface area contributed by atoms with Crippen LogP contribution in [0.1, 0.15) is 57.9 Å². The fourth-order valence-electron chi connectivity index (χ4n) is 3.80. The maximum absolute atomic E-state index is 13.1. The van der Waals surface area contributed by atoms with Crippen LogP contribution in [0.3, 0.4) is 0 Å². The van der Waals surface area contributed by atoms with E-state index in [1.807, 2.05) is 0 Å². The molecule has 0 spiro atoms. The second-order valence-electron chi connectivity index (χ2n) is 9.57. The van der Waals surface area contributed by atoms with Gasteiger partial charge in [-0.05, 0) is 50.0 Å². The molecule has 0 aliphatic heterocycles. The molecular weight excluding hydrogens is 374 g/mol. The second-order valence-corrected chi connectivity index (χ2v) is 10.7. The number of nitrogens with one attached hydrogen (secondary N) is 1. The lowest BCUT2D eigenvalue weighted by Gasteiger charge is -2.33. The monoisotopic (exact) mass is 405 g/mol. The number of carbonyl (C=O) groups excluding carboxylic acids is 1. The van der Waals surface area contributed by atoms with E-state index in [-0.39, 0.29) is 36.5 Å². The van der Waals surface area contributed by atoms with Crippen LogP contribution in [-0.4, -0.2) is 32.7 Å². The maximum Gasteiger partial charge on any atom is 0.262 e. The van der Waals surface area contributed by atoms with Gasteiger partial charge in [0.15, 0.2) is 0 Å². The number of hydrogen-bond donors (Lipinski definition) is 2. The standard InChI is InChI=1S/C21H31N3O3S/c1-20(2,3)13-6-7-14-15(10-13)28-18-17(14)19(27)24(12-22-18)9-8-16(26)23-21(4,5)11-25/h12-13,25H,6-11H2,1-5H3,(H,23,26). The Balaban J connectivity index is 1.81. The molecule has 1 aliphatic carbocycles. The number of rotatable bonds is 5. The minimum Gasteiger partial charge on any atom is -0.394 e. The molecule has 7 heteroatoms. The van der Waals surface area contributed by atoms with Crippen molar-refractivity contribution in [3.05, 3.63) is 27.1 Å². The Morgan fingerprint density at radius 1 is 1.36 bits per heavy atom. The van der Waals surface area contributed by atoms with Gasteiger partial charge in [-0.1, -0.05) is 20.8 Å². The van der Waals surface area contributed by atoms with E-state index >= 15 is 0 Å². The highest BCUT2D eigenvalue weighted by Crippen LogP contribution is 2.41. The van der Waals surface area contributed by atoms with E-state index in [1.54, 1.807) is 31.5 Å². The first-order valence-electron chi connectivity index (χ1n) is 9.93. The van der Waals surface area contributed by atoms with Crippen molar-refractivity contribution in [2.24, 2.45) is 11.3 Å². The SMILES string of the molecule is CC(C)(CO)NC(=O)CCn1cnc2sc3c(c2c1=O)CCC(C(C)(C)C)C3. The van der Waals surface area contributed by atoms with Crippen molar-refractivity contribution < 1.29 is 9.90 Å². The Hall–Kier alpha value is -1.73. The molecule has 154 valence electrons. The molecule has 1 atom stereocenters. The number of aromatic nitrogens is 2.